The van der Waals surface area contributed by atoms with Crippen molar-refractivity contribution in [2.45, 2.75) is 11.3 Å². The lowest BCUT2D eigenvalue weighted by molar-refractivity contribution is 0.0599. The van der Waals surface area contributed by atoms with Crippen LogP contribution in [-0.2, 0) is 4.74 Å². The topological polar surface area (TPSA) is 50.1 Å². The number of rotatable bonds is 2. The highest BCUT2D eigenvalue weighted by molar-refractivity contribution is 7.80. The number of benzene rings is 1. The highest BCUT2D eigenvalue weighted by Crippen LogP contribution is 2.28. The van der Waals surface area contributed by atoms with Crippen LogP contribution in [0.25, 0.3) is 0 Å². The summed E-state index contributed by atoms with van der Waals surface area (Å²) in [5.74, 6) is -0.827. The van der Waals surface area contributed by atoms with Gasteiger partial charge in [0, 0.05) is 10.5 Å². The number of thiol groups is 1. The highest BCUT2D eigenvalue weighted by Gasteiger charge is 2.19. The van der Waals surface area contributed by atoms with Gasteiger partial charge >= 0.3 is 5.97 Å². The van der Waals surface area contributed by atoms with E-state index in [1.807, 2.05) is 0 Å². The molecule has 0 aliphatic rings. The highest BCUT2D eigenvalue weighted by atomic mass is 32.1. The number of methoxy groups -OCH3 is 1. The molecule has 0 aliphatic heterocycles. The summed E-state index contributed by atoms with van der Waals surface area (Å²) in [4.78, 5) is 11.2. The molecule has 0 N–H and O–H groups in total. The number of nitriles is 1. The zero-order valence-corrected chi connectivity index (χ0v) is 9.09. The van der Waals surface area contributed by atoms with Crippen molar-refractivity contribution in [2.24, 2.45) is 0 Å². The zero-order valence-electron chi connectivity index (χ0n) is 8.20. The van der Waals surface area contributed by atoms with Crippen LogP contribution < -0.4 is 0 Å². The number of nitrogens with zero attached hydrogens (tertiary/aromatic N) is 1. The molecule has 0 aromatic heterocycles. The third-order valence-corrected chi connectivity index (χ3v) is 2.31. The summed E-state index contributed by atoms with van der Waals surface area (Å²) in [6.45, 7) is 0. The van der Waals surface area contributed by atoms with Gasteiger partial charge in [-0.3, -0.25) is 0 Å². The third-order valence-electron chi connectivity index (χ3n) is 1.93. The molecular formula is C10H7F2NO2S. The van der Waals surface area contributed by atoms with E-state index in [1.165, 1.54) is 0 Å². The lowest BCUT2D eigenvalue weighted by atomic mass is 10.0. The van der Waals surface area contributed by atoms with Crippen LogP contribution in [0, 0.1) is 11.3 Å². The van der Waals surface area contributed by atoms with Gasteiger partial charge in [0.05, 0.1) is 18.2 Å². The number of hydrogen-bond acceptors (Lipinski definition) is 4. The van der Waals surface area contributed by atoms with Gasteiger partial charge in [-0.1, -0.05) is 0 Å². The van der Waals surface area contributed by atoms with Gasteiger partial charge in [-0.25, -0.2) is 13.6 Å². The van der Waals surface area contributed by atoms with Crippen LogP contribution in [0.3, 0.4) is 0 Å². The Hall–Kier alpha value is -1.61. The summed E-state index contributed by atoms with van der Waals surface area (Å²) in [5.41, 5.74) is -0.623. The van der Waals surface area contributed by atoms with E-state index in [0.717, 1.165) is 19.2 Å². The molecule has 0 unspecified atom stereocenters. The Kier molecular flexibility index (Phi) is 3.85. The van der Waals surface area contributed by atoms with Crippen molar-refractivity contribution < 1.29 is 18.3 Å². The molecule has 1 aromatic carbocycles. The fraction of sp³-hybridized carbons (Fsp3) is 0.200. The first kappa shape index (κ1) is 12.5. The predicted molar refractivity (Wildman–Crippen MR) is 54.7 cm³/mol. The Bertz CT molecular complexity index is 469. The SMILES string of the molecule is COC(=O)c1cc(C(F)F)c(S)cc1C#N. The maximum atomic E-state index is 12.5. The fourth-order valence-corrected chi connectivity index (χ4v) is 1.44. The van der Waals surface area contributed by atoms with Crippen molar-refractivity contribution in [3.63, 3.8) is 0 Å². The Morgan fingerprint density at radius 2 is 2.19 bits per heavy atom. The van der Waals surface area contributed by atoms with E-state index < -0.39 is 18.0 Å². The summed E-state index contributed by atoms with van der Waals surface area (Å²) < 4.78 is 29.4. The van der Waals surface area contributed by atoms with Gasteiger partial charge in [0.25, 0.3) is 6.43 Å². The lowest BCUT2D eigenvalue weighted by Gasteiger charge is -2.08. The molecule has 84 valence electrons. The molecule has 0 fully saturated rings. The lowest BCUT2D eigenvalue weighted by Crippen LogP contribution is -2.06. The normalized spacial score (nSPS) is 10.0. The smallest absolute Gasteiger partial charge is 0.339 e. The maximum Gasteiger partial charge on any atom is 0.339 e. The quantitative estimate of drug-likeness (QED) is 0.641. The van der Waals surface area contributed by atoms with E-state index in [4.69, 9.17) is 5.26 Å². The summed E-state index contributed by atoms with van der Waals surface area (Å²) >= 11 is 3.82. The molecular weight excluding hydrogens is 236 g/mol. The summed E-state index contributed by atoms with van der Waals surface area (Å²) in [5, 5.41) is 8.74. The molecule has 1 rings (SSSR count). The Morgan fingerprint density at radius 3 is 2.62 bits per heavy atom. The van der Waals surface area contributed by atoms with Crippen LogP contribution in [0.2, 0.25) is 0 Å². The molecule has 0 bridgehead atoms. The maximum absolute atomic E-state index is 12.5. The molecule has 0 saturated heterocycles. The number of ether oxygens (including phenoxy) is 1. The molecule has 0 radical (unpaired) electrons. The number of halogens is 2. The molecule has 6 heteroatoms. The Balaban J connectivity index is 3.42. The number of carbonyl (C=O) groups is 1. The van der Waals surface area contributed by atoms with E-state index in [2.05, 4.69) is 17.4 Å². The van der Waals surface area contributed by atoms with Crippen LogP contribution >= 0.6 is 12.6 Å². The largest absolute Gasteiger partial charge is 0.465 e. The average Bonchev–Trinajstić information content (AvgIpc) is 2.27. The molecule has 0 saturated carbocycles. The second-order valence-electron chi connectivity index (χ2n) is 2.86. The van der Waals surface area contributed by atoms with Crippen molar-refractivity contribution in [1.82, 2.24) is 0 Å². The summed E-state index contributed by atoms with van der Waals surface area (Å²) in [7, 11) is 1.11. The van der Waals surface area contributed by atoms with Gasteiger partial charge in [0.1, 0.15) is 6.07 Å². The van der Waals surface area contributed by atoms with Gasteiger partial charge < -0.3 is 4.74 Å². The fourth-order valence-electron chi connectivity index (χ4n) is 1.15. The standard InChI is InChI=1S/C10H7F2NO2S/c1-15-10(14)6-3-7(9(11)12)8(16)2-5(6)4-13/h2-3,9,16H,1H3. The zero-order chi connectivity index (χ0) is 12.3. The van der Waals surface area contributed by atoms with Crippen molar-refractivity contribution in [2.75, 3.05) is 7.11 Å². The van der Waals surface area contributed by atoms with Gasteiger partial charge in [0.15, 0.2) is 0 Å². The second kappa shape index (κ2) is 4.94. The molecule has 0 amide bonds. The van der Waals surface area contributed by atoms with Gasteiger partial charge in [-0.15, -0.1) is 12.6 Å². The number of hydrogen-bond donors (Lipinski definition) is 1. The second-order valence-corrected chi connectivity index (χ2v) is 3.34. The third kappa shape index (κ3) is 2.31. The first-order valence-electron chi connectivity index (χ1n) is 4.14. The number of carbonyl (C=O) groups excluding carboxylic acids is 1. The molecule has 0 spiro atoms. The molecule has 16 heavy (non-hydrogen) atoms. The van der Waals surface area contributed by atoms with E-state index in [9.17, 15) is 13.6 Å². The number of alkyl halides is 2. The van der Waals surface area contributed by atoms with E-state index in [1.54, 1.807) is 6.07 Å². The predicted octanol–water partition coefficient (Wildman–Crippen LogP) is 2.57. The minimum Gasteiger partial charge on any atom is -0.465 e. The monoisotopic (exact) mass is 243 g/mol. The van der Waals surface area contributed by atoms with Crippen molar-refractivity contribution in [3.05, 3.63) is 28.8 Å². The van der Waals surface area contributed by atoms with Crippen molar-refractivity contribution in [3.8, 4) is 6.07 Å². The summed E-state index contributed by atoms with van der Waals surface area (Å²) in [6.07, 6.45) is -2.76. The Labute approximate surface area is 96.0 Å². The van der Waals surface area contributed by atoms with Crippen LogP contribution in [0.1, 0.15) is 27.9 Å². The van der Waals surface area contributed by atoms with Crippen LogP contribution in [-0.4, -0.2) is 13.1 Å². The first-order valence-corrected chi connectivity index (χ1v) is 4.59. The molecule has 0 aliphatic carbocycles. The van der Waals surface area contributed by atoms with Gasteiger partial charge in [0.2, 0.25) is 0 Å². The minimum absolute atomic E-state index is 0.0285. The Morgan fingerprint density at radius 1 is 1.56 bits per heavy atom. The van der Waals surface area contributed by atoms with Crippen LogP contribution in [0.5, 0.6) is 0 Å². The molecule has 1 aromatic rings. The van der Waals surface area contributed by atoms with E-state index in [-0.39, 0.29) is 16.0 Å². The van der Waals surface area contributed by atoms with E-state index >= 15 is 0 Å². The molecule has 0 atom stereocenters. The van der Waals surface area contributed by atoms with E-state index in [0.29, 0.717) is 0 Å². The minimum atomic E-state index is -2.76. The van der Waals surface area contributed by atoms with Gasteiger partial charge in [-0.05, 0) is 12.1 Å². The van der Waals surface area contributed by atoms with Crippen molar-refractivity contribution in [1.29, 1.82) is 5.26 Å². The molecule has 3 nitrogen and oxygen atoms in total. The molecule has 0 heterocycles. The van der Waals surface area contributed by atoms with Crippen LogP contribution in [0.4, 0.5) is 8.78 Å². The number of esters is 1. The summed E-state index contributed by atoms with van der Waals surface area (Å²) in [6, 6.07) is 3.77. The van der Waals surface area contributed by atoms with Crippen molar-refractivity contribution >= 4 is 18.6 Å². The first-order chi connectivity index (χ1) is 7.51. The average molecular weight is 243 g/mol. The van der Waals surface area contributed by atoms with Crippen LogP contribution in [0.15, 0.2) is 17.0 Å². The van der Waals surface area contributed by atoms with Gasteiger partial charge in [-0.2, -0.15) is 5.26 Å².